The maximum absolute atomic E-state index is 12.4. The molecule has 1 fully saturated rings. The molecule has 1 heterocycles. The SMILES string of the molecule is CC(C)(C)C1CC(N)CCN1C(=O)OCc1ccccc1. The number of hydrogen-bond donors (Lipinski definition) is 1. The lowest BCUT2D eigenvalue weighted by molar-refractivity contribution is 0.0305. The van der Waals surface area contributed by atoms with Crippen LogP contribution in [0.4, 0.5) is 4.79 Å². The Balaban J connectivity index is 1.99. The molecule has 2 N–H and O–H groups in total. The lowest BCUT2D eigenvalue weighted by atomic mass is 9.79. The van der Waals surface area contributed by atoms with Crippen LogP contribution >= 0.6 is 0 Å². The molecule has 0 spiro atoms. The molecule has 0 saturated carbocycles. The maximum atomic E-state index is 12.4. The van der Waals surface area contributed by atoms with E-state index in [0.717, 1.165) is 18.4 Å². The second-order valence-electron chi connectivity index (χ2n) is 6.90. The summed E-state index contributed by atoms with van der Waals surface area (Å²) in [5.41, 5.74) is 7.08. The number of nitrogens with two attached hydrogens (primary N) is 1. The summed E-state index contributed by atoms with van der Waals surface area (Å²) < 4.78 is 5.47. The van der Waals surface area contributed by atoms with Gasteiger partial charge in [0.2, 0.25) is 0 Å². The minimum Gasteiger partial charge on any atom is -0.445 e. The van der Waals surface area contributed by atoms with Gasteiger partial charge in [0, 0.05) is 18.6 Å². The predicted molar refractivity (Wildman–Crippen MR) is 83.8 cm³/mol. The summed E-state index contributed by atoms with van der Waals surface area (Å²) in [6, 6.07) is 10.1. The van der Waals surface area contributed by atoms with E-state index in [9.17, 15) is 4.79 Å². The zero-order valence-corrected chi connectivity index (χ0v) is 13.2. The molecule has 0 bridgehead atoms. The third-order valence-electron chi connectivity index (χ3n) is 4.08. The zero-order valence-electron chi connectivity index (χ0n) is 13.2. The van der Waals surface area contributed by atoms with Gasteiger partial charge in [-0.3, -0.25) is 0 Å². The van der Waals surface area contributed by atoms with Gasteiger partial charge >= 0.3 is 6.09 Å². The molecular weight excluding hydrogens is 264 g/mol. The Kier molecular flexibility index (Phi) is 4.88. The Bertz CT molecular complexity index is 467. The van der Waals surface area contributed by atoms with Gasteiger partial charge in [-0.05, 0) is 23.8 Å². The van der Waals surface area contributed by atoms with E-state index in [1.54, 1.807) is 0 Å². The van der Waals surface area contributed by atoms with E-state index in [-0.39, 0.29) is 23.6 Å². The second kappa shape index (κ2) is 6.48. The molecule has 0 radical (unpaired) electrons. The van der Waals surface area contributed by atoms with Crippen molar-refractivity contribution in [2.75, 3.05) is 6.54 Å². The summed E-state index contributed by atoms with van der Waals surface area (Å²) in [4.78, 5) is 14.3. The van der Waals surface area contributed by atoms with Crippen LogP contribution in [0.15, 0.2) is 30.3 Å². The summed E-state index contributed by atoms with van der Waals surface area (Å²) in [7, 11) is 0. The van der Waals surface area contributed by atoms with Crippen molar-refractivity contribution in [3.8, 4) is 0 Å². The number of carbonyl (C=O) groups is 1. The number of likely N-dealkylation sites (tertiary alicyclic amines) is 1. The molecule has 1 amide bonds. The number of amides is 1. The monoisotopic (exact) mass is 290 g/mol. The quantitative estimate of drug-likeness (QED) is 0.910. The molecule has 2 unspecified atom stereocenters. The largest absolute Gasteiger partial charge is 0.445 e. The van der Waals surface area contributed by atoms with Crippen LogP contribution < -0.4 is 5.73 Å². The number of nitrogens with zero attached hydrogens (tertiary/aromatic N) is 1. The lowest BCUT2D eigenvalue weighted by Crippen LogP contribution is -2.54. The Morgan fingerprint density at radius 2 is 2.00 bits per heavy atom. The van der Waals surface area contributed by atoms with E-state index in [0.29, 0.717) is 13.2 Å². The highest BCUT2D eigenvalue weighted by Crippen LogP contribution is 2.32. The van der Waals surface area contributed by atoms with Crippen molar-refractivity contribution < 1.29 is 9.53 Å². The summed E-state index contributed by atoms with van der Waals surface area (Å²) in [5.74, 6) is 0. The van der Waals surface area contributed by atoms with Gasteiger partial charge in [0.15, 0.2) is 0 Å². The number of piperidine rings is 1. The Morgan fingerprint density at radius 1 is 1.33 bits per heavy atom. The summed E-state index contributed by atoms with van der Waals surface area (Å²) >= 11 is 0. The summed E-state index contributed by atoms with van der Waals surface area (Å²) in [6.45, 7) is 7.43. The van der Waals surface area contributed by atoms with E-state index in [1.807, 2.05) is 35.2 Å². The van der Waals surface area contributed by atoms with Crippen LogP contribution in [0.2, 0.25) is 0 Å². The summed E-state index contributed by atoms with van der Waals surface area (Å²) in [6.07, 6.45) is 1.45. The van der Waals surface area contributed by atoms with E-state index in [2.05, 4.69) is 20.8 Å². The van der Waals surface area contributed by atoms with Crippen LogP contribution in [-0.2, 0) is 11.3 Å². The first-order valence-corrected chi connectivity index (χ1v) is 7.61. The molecule has 116 valence electrons. The van der Waals surface area contributed by atoms with Crippen molar-refractivity contribution in [3.63, 3.8) is 0 Å². The fraction of sp³-hybridized carbons (Fsp3) is 0.588. The molecule has 1 aliphatic rings. The molecule has 1 aromatic carbocycles. The number of ether oxygens (including phenoxy) is 1. The molecule has 0 aliphatic carbocycles. The molecule has 1 aliphatic heterocycles. The smallest absolute Gasteiger partial charge is 0.410 e. The number of hydrogen-bond acceptors (Lipinski definition) is 3. The summed E-state index contributed by atoms with van der Waals surface area (Å²) in [5, 5.41) is 0. The highest BCUT2D eigenvalue weighted by atomic mass is 16.6. The second-order valence-corrected chi connectivity index (χ2v) is 6.90. The van der Waals surface area contributed by atoms with Gasteiger partial charge in [0.05, 0.1) is 0 Å². The van der Waals surface area contributed by atoms with Gasteiger partial charge in [0.1, 0.15) is 6.61 Å². The Hall–Kier alpha value is -1.55. The van der Waals surface area contributed by atoms with Gasteiger partial charge < -0.3 is 15.4 Å². The van der Waals surface area contributed by atoms with Crippen molar-refractivity contribution in [2.45, 2.75) is 52.3 Å². The predicted octanol–water partition coefficient (Wildman–Crippen LogP) is 3.16. The fourth-order valence-corrected chi connectivity index (χ4v) is 2.83. The number of rotatable bonds is 2. The minimum atomic E-state index is -0.231. The van der Waals surface area contributed by atoms with Crippen LogP contribution in [-0.4, -0.2) is 29.6 Å². The van der Waals surface area contributed by atoms with Crippen molar-refractivity contribution in [2.24, 2.45) is 11.1 Å². The first-order chi connectivity index (χ1) is 9.88. The van der Waals surface area contributed by atoms with Crippen LogP contribution in [0.3, 0.4) is 0 Å². The molecule has 1 saturated heterocycles. The molecular formula is C17H26N2O2. The maximum Gasteiger partial charge on any atom is 0.410 e. The van der Waals surface area contributed by atoms with Gasteiger partial charge in [-0.15, -0.1) is 0 Å². The normalized spacial score (nSPS) is 23.0. The zero-order chi connectivity index (χ0) is 15.5. The van der Waals surface area contributed by atoms with Gasteiger partial charge in [-0.25, -0.2) is 4.79 Å². The fourth-order valence-electron chi connectivity index (χ4n) is 2.83. The van der Waals surface area contributed by atoms with Gasteiger partial charge in [-0.2, -0.15) is 0 Å². The van der Waals surface area contributed by atoms with Crippen LogP contribution in [0.5, 0.6) is 0 Å². The van der Waals surface area contributed by atoms with Crippen molar-refractivity contribution in [1.82, 2.24) is 4.90 Å². The first-order valence-electron chi connectivity index (χ1n) is 7.61. The molecule has 0 aromatic heterocycles. The molecule has 1 aromatic rings. The Labute approximate surface area is 127 Å². The van der Waals surface area contributed by atoms with Crippen LogP contribution in [0, 0.1) is 5.41 Å². The first kappa shape index (κ1) is 15.8. The lowest BCUT2D eigenvalue weighted by Gasteiger charge is -2.44. The van der Waals surface area contributed by atoms with Crippen molar-refractivity contribution in [3.05, 3.63) is 35.9 Å². The molecule has 4 heteroatoms. The number of benzene rings is 1. The molecule has 4 nitrogen and oxygen atoms in total. The van der Waals surface area contributed by atoms with Gasteiger partial charge in [-0.1, -0.05) is 51.1 Å². The van der Waals surface area contributed by atoms with E-state index in [4.69, 9.17) is 10.5 Å². The average molecular weight is 290 g/mol. The molecule has 2 rings (SSSR count). The van der Waals surface area contributed by atoms with Gasteiger partial charge in [0.25, 0.3) is 0 Å². The third-order valence-corrected chi connectivity index (χ3v) is 4.08. The van der Waals surface area contributed by atoms with Crippen LogP contribution in [0.25, 0.3) is 0 Å². The average Bonchev–Trinajstić information content (AvgIpc) is 2.45. The van der Waals surface area contributed by atoms with Crippen molar-refractivity contribution in [1.29, 1.82) is 0 Å². The van der Waals surface area contributed by atoms with Crippen LogP contribution in [0.1, 0.15) is 39.2 Å². The molecule has 21 heavy (non-hydrogen) atoms. The molecule has 2 atom stereocenters. The number of carbonyl (C=O) groups excluding carboxylic acids is 1. The third kappa shape index (κ3) is 4.21. The Morgan fingerprint density at radius 3 is 2.62 bits per heavy atom. The van der Waals surface area contributed by atoms with E-state index < -0.39 is 0 Å². The van der Waals surface area contributed by atoms with E-state index >= 15 is 0 Å². The van der Waals surface area contributed by atoms with E-state index in [1.165, 1.54) is 0 Å². The highest BCUT2D eigenvalue weighted by molar-refractivity contribution is 5.68. The minimum absolute atomic E-state index is 0.00378. The highest BCUT2D eigenvalue weighted by Gasteiger charge is 2.38. The van der Waals surface area contributed by atoms with Crippen molar-refractivity contribution >= 4 is 6.09 Å². The standard InChI is InChI=1S/C17H26N2O2/c1-17(2,3)15-11-14(18)9-10-19(15)16(20)21-12-13-7-5-4-6-8-13/h4-8,14-15H,9-12,18H2,1-3H3. The topological polar surface area (TPSA) is 55.6 Å².